The van der Waals surface area contributed by atoms with E-state index < -0.39 is 6.03 Å². The van der Waals surface area contributed by atoms with E-state index in [4.69, 9.17) is 17.3 Å². The number of fused-ring (bicyclic) bond motifs is 1. The van der Waals surface area contributed by atoms with E-state index in [-0.39, 0.29) is 5.54 Å². The first-order valence-electron chi connectivity index (χ1n) is 6.58. The van der Waals surface area contributed by atoms with Crippen molar-refractivity contribution in [3.05, 3.63) is 34.4 Å². The minimum Gasteiger partial charge on any atom is -0.365 e. The van der Waals surface area contributed by atoms with Crippen LogP contribution in [0.5, 0.6) is 0 Å². The molecule has 1 aromatic carbocycles. The second-order valence-electron chi connectivity index (χ2n) is 5.67. The van der Waals surface area contributed by atoms with Crippen molar-refractivity contribution in [3.8, 4) is 0 Å². The van der Waals surface area contributed by atoms with Crippen LogP contribution in [0.15, 0.2) is 23.3 Å². The summed E-state index contributed by atoms with van der Waals surface area (Å²) >= 11 is 6.30. The summed E-state index contributed by atoms with van der Waals surface area (Å²) in [6.45, 7) is 6.38. The summed E-state index contributed by atoms with van der Waals surface area (Å²) in [4.78, 5) is 12.8. The summed E-state index contributed by atoms with van der Waals surface area (Å²) in [7, 11) is 2.04. The zero-order chi connectivity index (χ0) is 15.8. The lowest BCUT2D eigenvalue weighted by atomic mass is 9.88. The highest BCUT2D eigenvalue weighted by atomic mass is 35.5. The Morgan fingerprint density at radius 1 is 1.48 bits per heavy atom. The highest BCUT2D eigenvalue weighted by Crippen LogP contribution is 2.40. The van der Waals surface area contributed by atoms with E-state index in [1.54, 1.807) is 0 Å². The highest BCUT2D eigenvalue weighted by molar-refractivity contribution is 6.33. The number of amides is 2. The molecule has 0 fully saturated rings. The number of hydrogen-bond acceptors (Lipinski definition) is 3. The van der Waals surface area contributed by atoms with Gasteiger partial charge in [-0.05, 0) is 38.5 Å². The molecule has 1 aliphatic rings. The lowest BCUT2D eigenvalue weighted by molar-refractivity contribution is 0.249. The summed E-state index contributed by atoms with van der Waals surface area (Å²) in [6, 6.07) is 3.17. The number of likely N-dealkylation sites (N-methyl/N-ethyl adjacent to an activating group) is 1. The van der Waals surface area contributed by atoms with Gasteiger partial charge < -0.3 is 10.6 Å². The van der Waals surface area contributed by atoms with E-state index >= 15 is 0 Å². The van der Waals surface area contributed by atoms with E-state index in [0.29, 0.717) is 5.02 Å². The van der Waals surface area contributed by atoms with Crippen molar-refractivity contribution >= 4 is 35.1 Å². The first-order chi connectivity index (χ1) is 9.72. The number of carbonyl (C=O) groups is 1. The Morgan fingerprint density at radius 2 is 2.14 bits per heavy atom. The predicted octanol–water partition coefficient (Wildman–Crippen LogP) is 2.97. The number of benzene rings is 1. The van der Waals surface area contributed by atoms with Gasteiger partial charge in [-0.15, -0.1) is 0 Å². The van der Waals surface area contributed by atoms with Crippen molar-refractivity contribution in [1.82, 2.24) is 5.43 Å². The number of halogens is 1. The topological polar surface area (TPSA) is 70.7 Å². The highest BCUT2D eigenvalue weighted by Gasteiger charge is 2.28. The van der Waals surface area contributed by atoms with Gasteiger partial charge in [0.1, 0.15) is 0 Å². The second kappa shape index (κ2) is 5.41. The first-order valence-corrected chi connectivity index (χ1v) is 6.96. The van der Waals surface area contributed by atoms with Crippen LogP contribution in [0.4, 0.5) is 10.5 Å². The number of primary amides is 1. The van der Waals surface area contributed by atoms with Crippen molar-refractivity contribution in [3.63, 3.8) is 0 Å². The summed E-state index contributed by atoms with van der Waals surface area (Å²) in [5.74, 6) is 0. The quantitative estimate of drug-likeness (QED) is 0.651. The lowest BCUT2D eigenvalue weighted by Gasteiger charge is -2.40. The Bertz CT molecular complexity index is 649. The summed E-state index contributed by atoms with van der Waals surface area (Å²) in [5.41, 5.74) is 11.1. The van der Waals surface area contributed by atoms with Crippen LogP contribution in [0.1, 0.15) is 31.9 Å². The van der Waals surface area contributed by atoms with Gasteiger partial charge in [-0.25, -0.2) is 10.2 Å². The van der Waals surface area contributed by atoms with Crippen LogP contribution in [-0.4, -0.2) is 24.8 Å². The van der Waals surface area contributed by atoms with Gasteiger partial charge in [0.25, 0.3) is 0 Å². The van der Waals surface area contributed by atoms with Gasteiger partial charge >= 0.3 is 6.03 Å². The van der Waals surface area contributed by atoms with Gasteiger partial charge in [0.15, 0.2) is 0 Å². The molecule has 2 amide bonds. The first kappa shape index (κ1) is 15.4. The number of urea groups is 1. The van der Waals surface area contributed by atoms with E-state index in [1.807, 2.05) is 19.2 Å². The number of rotatable bonds is 2. The molecule has 1 aromatic rings. The molecule has 0 radical (unpaired) electrons. The van der Waals surface area contributed by atoms with Crippen molar-refractivity contribution in [2.45, 2.75) is 26.3 Å². The maximum absolute atomic E-state index is 10.6. The fourth-order valence-corrected chi connectivity index (χ4v) is 2.66. The third kappa shape index (κ3) is 3.03. The van der Waals surface area contributed by atoms with Gasteiger partial charge in [-0.2, -0.15) is 5.10 Å². The van der Waals surface area contributed by atoms with E-state index in [9.17, 15) is 4.79 Å². The molecule has 2 rings (SSSR count). The van der Waals surface area contributed by atoms with Gasteiger partial charge in [0.05, 0.1) is 16.8 Å². The van der Waals surface area contributed by atoms with Crippen molar-refractivity contribution < 1.29 is 4.79 Å². The number of anilines is 1. The third-order valence-electron chi connectivity index (χ3n) is 3.71. The number of allylic oxidation sites excluding steroid dienone is 1. The number of nitrogens with one attached hydrogen (secondary N) is 1. The standard InChI is InChI=1S/C15H19ClN4O/c1-9-7-15(2,3)20(4)13-6-12(16)10(5-11(9)13)8-18-19-14(17)21/h5-8H,1-4H3,(H3,17,19,21)/b18-8-. The van der Waals surface area contributed by atoms with Gasteiger partial charge in [0.2, 0.25) is 0 Å². The molecule has 0 spiro atoms. The van der Waals surface area contributed by atoms with E-state index in [1.165, 1.54) is 11.8 Å². The van der Waals surface area contributed by atoms with Crippen LogP contribution in [0.2, 0.25) is 5.02 Å². The van der Waals surface area contributed by atoms with Gasteiger partial charge in [-0.1, -0.05) is 17.7 Å². The number of hydrazone groups is 1. The predicted molar refractivity (Wildman–Crippen MR) is 87.9 cm³/mol. The Kier molecular flexibility index (Phi) is 3.96. The van der Waals surface area contributed by atoms with Crippen molar-refractivity contribution in [2.24, 2.45) is 10.8 Å². The molecule has 1 aliphatic heterocycles. The van der Waals surface area contributed by atoms with Crippen LogP contribution < -0.4 is 16.1 Å². The molecule has 6 heteroatoms. The number of hydrogen-bond donors (Lipinski definition) is 2. The fourth-order valence-electron chi connectivity index (χ4n) is 2.45. The van der Waals surface area contributed by atoms with Crippen LogP contribution in [0.3, 0.4) is 0 Å². The molecule has 1 heterocycles. The molecule has 21 heavy (non-hydrogen) atoms. The van der Waals surface area contributed by atoms with Crippen molar-refractivity contribution in [2.75, 3.05) is 11.9 Å². The van der Waals surface area contributed by atoms with E-state index in [2.05, 4.69) is 42.3 Å². The molecular weight excluding hydrogens is 288 g/mol. The minimum absolute atomic E-state index is 0.0659. The molecule has 3 N–H and O–H groups in total. The molecule has 0 unspecified atom stereocenters. The molecule has 5 nitrogen and oxygen atoms in total. The number of nitrogens with two attached hydrogens (primary N) is 1. The largest absolute Gasteiger partial charge is 0.365 e. The smallest absolute Gasteiger partial charge is 0.332 e. The average Bonchev–Trinajstić information content (AvgIpc) is 2.36. The SMILES string of the molecule is CC1=CC(C)(C)N(C)c2cc(Cl)c(/C=N\NC(N)=O)cc21. The molecular formula is C15H19ClN4O. The average molecular weight is 307 g/mol. The minimum atomic E-state index is -0.710. The summed E-state index contributed by atoms with van der Waals surface area (Å²) in [5, 5.41) is 4.33. The molecule has 0 aliphatic carbocycles. The molecule has 0 atom stereocenters. The molecule has 112 valence electrons. The Morgan fingerprint density at radius 3 is 2.76 bits per heavy atom. The van der Waals surface area contributed by atoms with Crippen LogP contribution in [0.25, 0.3) is 5.57 Å². The Labute approximate surface area is 129 Å². The van der Waals surface area contributed by atoms with Crippen LogP contribution in [-0.2, 0) is 0 Å². The molecule has 0 saturated heterocycles. The van der Waals surface area contributed by atoms with Crippen LogP contribution >= 0.6 is 11.6 Å². The Balaban J connectivity index is 2.46. The zero-order valence-electron chi connectivity index (χ0n) is 12.6. The normalized spacial score (nSPS) is 16.6. The maximum Gasteiger partial charge on any atom is 0.332 e. The van der Waals surface area contributed by atoms with Crippen molar-refractivity contribution in [1.29, 1.82) is 0 Å². The number of carbonyl (C=O) groups excluding carboxylic acids is 1. The molecule has 0 bridgehead atoms. The van der Waals surface area contributed by atoms with Crippen LogP contribution in [0, 0.1) is 0 Å². The second-order valence-corrected chi connectivity index (χ2v) is 6.07. The summed E-state index contributed by atoms with van der Waals surface area (Å²) in [6.07, 6.45) is 3.70. The fraction of sp³-hybridized carbons (Fsp3) is 0.333. The zero-order valence-corrected chi connectivity index (χ0v) is 13.3. The molecule has 0 aromatic heterocycles. The van der Waals surface area contributed by atoms with E-state index in [0.717, 1.165) is 16.8 Å². The third-order valence-corrected chi connectivity index (χ3v) is 4.04. The summed E-state index contributed by atoms with van der Waals surface area (Å²) < 4.78 is 0. The lowest BCUT2D eigenvalue weighted by Crippen LogP contribution is -2.42. The maximum atomic E-state index is 10.6. The molecule has 0 saturated carbocycles. The Hall–Kier alpha value is -2.01. The van der Waals surface area contributed by atoms with Gasteiger partial charge in [-0.3, -0.25) is 0 Å². The monoisotopic (exact) mass is 306 g/mol. The van der Waals surface area contributed by atoms with Gasteiger partial charge in [0, 0.05) is 23.9 Å². The number of nitrogens with zero attached hydrogens (tertiary/aromatic N) is 2.